The number of carbonyl (C=O) groups is 2. The second-order valence-corrected chi connectivity index (χ2v) is 8.85. The predicted molar refractivity (Wildman–Crippen MR) is 124 cm³/mol. The SMILES string of the molecule is CO[C@@]1(C(=O)O)C[C@H](O)[C@@H](NC(=O)OCC2c3ccccc3-c3ccccc32)[C@H]([C@H](O)[C@H](O)CO)O1. The third-order valence-corrected chi connectivity index (χ3v) is 6.77. The first-order chi connectivity index (χ1) is 17.2. The maximum Gasteiger partial charge on any atom is 0.407 e. The van der Waals surface area contributed by atoms with Gasteiger partial charge >= 0.3 is 12.1 Å². The van der Waals surface area contributed by atoms with Crippen LogP contribution in [0.25, 0.3) is 11.1 Å². The number of hydrogen-bond acceptors (Lipinski definition) is 9. The van der Waals surface area contributed by atoms with Crippen molar-refractivity contribution in [2.24, 2.45) is 0 Å². The first-order valence-electron chi connectivity index (χ1n) is 11.5. The second-order valence-electron chi connectivity index (χ2n) is 8.85. The normalized spacial score (nSPS) is 27.0. The topological polar surface area (TPSA) is 175 Å². The van der Waals surface area contributed by atoms with Crippen LogP contribution in [-0.4, -0.2) is 94.2 Å². The summed E-state index contributed by atoms with van der Waals surface area (Å²) < 4.78 is 15.9. The Morgan fingerprint density at radius 1 is 1.11 bits per heavy atom. The van der Waals surface area contributed by atoms with Crippen LogP contribution in [0, 0.1) is 0 Å². The van der Waals surface area contributed by atoms with Crippen LogP contribution in [0.1, 0.15) is 23.5 Å². The highest BCUT2D eigenvalue weighted by Gasteiger charge is 2.55. The van der Waals surface area contributed by atoms with E-state index in [1.165, 1.54) is 0 Å². The number of aliphatic carboxylic acids is 1. The average molecular weight is 504 g/mol. The molecule has 1 saturated heterocycles. The number of aliphatic hydroxyl groups excluding tert-OH is 4. The van der Waals surface area contributed by atoms with Crippen molar-refractivity contribution in [2.75, 3.05) is 20.3 Å². The van der Waals surface area contributed by atoms with E-state index >= 15 is 0 Å². The molecule has 11 heteroatoms. The Kier molecular flexibility index (Phi) is 7.59. The molecule has 6 N–H and O–H groups in total. The smallest absolute Gasteiger partial charge is 0.407 e. The second kappa shape index (κ2) is 10.5. The van der Waals surface area contributed by atoms with E-state index in [1.807, 2.05) is 48.5 Å². The molecule has 1 aliphatic heterocycles. The molecule has 2 aromatic carbocycles. The Labute approximate surface area is 206 Å². The van der Waals surface area contributed by atoms with E-state index in [-0.39, 0.29) is 12.5 Å². The lowest BCUT2D eigenvalue weighted by molar-refractivity contribution is -0.303. The highest BCUT2D eigenvalue weighted by Crippen LogP contribution is 2.44. The van der Waals surface area contributed by atoms with Crippen LogP contribution in [-0.2, 0) is 19.0 Å². The Morgan fingerprint density at radius 2 is 1.69 bits per heavy atom. The van der Waals surface area contributed by atoms with Gasteiger partial charge in [-0.25, -0.2) is 9.59 Å². The molecule has 2 aromatic rings. The molecular weight excluding hydrogens is 474 g/mol. The number of nitrogens with one attached hydrogen (secondary N) is 1. The largest absolute Gasteiger partial charge is 0.477 e. The van der Waals surface area contributed by atoms with Crippen molar-refractivity contribution in [2.45, 2.75) is 48.6 Å². The minimum atomic E-state index is -2.33. The van der Waals surface area contributed by atoms with E-state index in [1.54, 1.807) is 0 Å². The Bertz CT molecular complexity index is 1060. The molecule has 11 nitrogen and oxygen atoms in total. The van der Waals surface area contributed by atoms with Crippen LogP contribution in [0.4, 0.5) is 4.79 Å². The molecule has 0 aromatic heterocycles. The molecule has 1 fully saturated rings. The van der Waals surface area contributed by atoms with Gasteiger partial charge in [-0.15, -0.1) is 0 Å². The summed E-state index contributed by atoms with van der Waals surface area (Å²) in [6.45, 7) is -0.894. The quantitative estimate of drug-likeness (QED) is 0.292. The van der Waals surface area contributed by atoms with Crippen molar-refractivity contribution in [3.63, 3.8) is 0 Å². The molecule has 36 heavy (non-hydrogen) atoms. The van der Waals surface area contributed by atoms with Crippen molar-refractivity contribution in [3.8, 4) is 11.1 Å². The summed E-state index contributed by atoms with van der Waals surface area (Å²) in [7, 11) is 1.05. The summed E-state index contributed by atoms with van der Waals surface area (Å²) in [5.74, 6) is -4.12. The van der Waals surface area contributed by atoms with Crippen LogP contribution in [0.2, 0.25) is 0 Å². The number of alkyl carbamates (subject to hydrolysis) is 1. The third-order valence-electron chi connectivity index (χ3n) is 6.77. The van der Waals surface area contributed by atoms with Gasteiger partial charge in [0.25, 0.3) is 5.79 Å². The van der Waals surface area contributed by atoms with E-state index in [0.29, 0.717) is 0 Å². The summed E-state index contributed by atoms with van der Waals surface area (Å²) in [6, 6.07) is 14.2. The van der Waals surface area contributed by atoms with E-state index in [2.05, 4.69) is 5.32 Å². The van der Waals surface area contributed by atoms with Crippen LogP contribution in [0.15, 0.2) is 48.5 Å². The molecule has 6 atom stereocenters. The van der Waals surface area contributed by atoms with Crippen LogP contribution in [0.3, 0.4) is 0 Å². The predicted octanol–water partition coefficient (Wildman–Crippen LogP) is 0.185. The molecule has 0 bridgehead atoms. The minimum Gasteiger partial charge on any atom is -0.477 e. The monoisotopic (exact) mass is 503 g/mol. The van der Waals surface area contributed by atoms with Crippen molar-refractivity contribution in [1.29, 1.82) is 0 Å². The van der Waals surface area contributed by atoms with Crippen LogP contribution in [0.5, 0.6) is 0 Å². The number of fused-ring (bicyclic) bond motifs is 3. The number of amides is 1. The van der Waals surface area contributed by atoms with Crippen LogP contribution < -0.4 is 5.32 Å². The van der Waals surface area contributed by atoms with Gasteiger partial charge in [0.2, 0.25) is 0 Å². The number of carbonyl (C=O) groups excluding carboxylic acids is 1. The fourth-order valence-electron chi connectivity index (χ4n) is 4.88. The zero-order chi connectivity index (χ0) is 26.0. The first kappa shape index (κ1) is 26.0. The number of carboxylic acids is 1. The Hall–Kier alpha value is -3.06. The number of ether oxygens (including phenoxy) is 3. The molecule has 2 aliphatic rings. The molecule has 1 amide bonds. The maximum absolute atomic E-state index is 12.8. The highest BCUT2D eigenvalue weighted by atomic mass is 16.7. The molecular formula is C25H29NO10. The third kappa shape index (κ3) is 4.69. The number of benzene rings is 2. The van der Waals surface area contributed by atoms with Gasteiger partial charge in [-0.3, -0.25) is 0 Å². The van der Waals surface area contributed by atoms with Crippen molar-refractivity contribution in [1.82, 2.24) is 5.32 Å². The van der Waals surface area contributed by atoms with Gasteiger partial charge < -0.3 is 45.1 Å². The number of carboxylic acid groups (broad SMARTS) is 1. The molecule has 0 unspecified atom stereocenters. The summed E-state index contributed by atoms with van der Waals surface area (Å²) in [4.78, 5) is 24.5. The van der Waals surface area contributed by atoms with Crippen LogP contribution >= 0.6 is 0 Å². The van der Waals surface area contributed by atoms with Crippen molar-refractivity contribution in [3.05, 3.63) is 59.7 Å². The molecule has 4 rings (SSSR count). The van der Waals surface area contributed by atoms with E-state index in [4.69, 9.17) is 14.2 Å². The molecule has 0 radical (unpaired) electrons. The van der Waals surface area contributed by atoms with Gasteiger partial charge in [-0.2, -0.15) is 0 Å². The molecule has 1 heterocycles. The fraction of sp³-hybridized carbons (Fsp3) is 0.440. The van der Waals surface area contributed by atoms with Gasteiger partial charge in [0.1, 0.15) is 24.9 Å². The average Bonchev–Trinajstić information content (AvgIpc) is 3.21. The Morgan fingerprint density at radius 3 is 2.22 bits per heavy atom. The summed E-state index contributed by atoms with van der Waals surface area (Å²) in [6.07, 6.45) is -8.33. The standard InChI is InChI=1S/C25H29NO10/c1-34-25(23(31)32)10-18(28)20(22(36-25)21(30)19(29)11-27)26-24(33)35-12-17-15-8-4-2-6-13(15)14-7-3-5-9-16(14)17/h2-9,17-22,27-30H,10-12H2,1H3,(H,26,33)(H,31,32)/t18-,19+,20+,21+,22+,25-/m0/s1. The molecule has 1 aliphatic carbocycles. The number of hydrogen-bond donors (Lipinski definition) is 6. The number of methoxy groups -OCH3 is 1. The van der Waals surface area contributed by atoms with Gasteiger partial charge in [0.05, 0.1) is 18.8 Å². The summed E-state index contributed by atoms with van der Waals surface area (Å²) in [5.41, 5.74) is 4.09. The van der Waals surface area contributed by atoms with E-state index in [9.17, 15) is 35.1 Å². The van der Waals surface area contributed by atoms with Crippen molar-refractivity contribution >= 4 is 12.1 Å². The minimum absolute atomic E-state index is 0.0207. The lowest BCUT2D eigenvalue weighted by atomic mass is 9.88. The first-order valence-corrected chi connectivity index (χ1v) is 11.5. The lowest BCUT2D eigenvalue weighted by Crippen LogP contribution is -2.67. The summed E-state index contributed by atoms with van der Waals surface area (Å²) in [5, 5.41) is 52.4. The fourth-order valence-corrected chi connectivity index (χ4v) is 4.88. The molecule has 194 valence electrons. The summed E-state index contributed by atoms with van der Waals surface area (Å²) >= 11 is 0. The molecule has 0 spiro atoms. The zero-order valence-electron chi connectivity index (χ0n) is 19.5. The lowest BCUT2D eigenvalue weighted by Gasteiger charge is -2.45. The Balaban J connectivity index is 1.50. The van der Waals surface area contributed by atoms with Crippen molar-refractivity contribution < 1.29 is 49.3 Å². The number of aliphatic hydroxyl groups is 4. The van der Waals surface area contributed by atoms with Gasteiger partial charge in [0.15, 0.2) is 0 Å². The van der Waals surface area contributed by atoms with E-state index < -0.39 is 61.3 Å². The maximum atomic E-state index is 12.8. The number of rotatable bonds is 8. The van der Waals surface area contributed by atoms with E-state index in [0.717, 1.165) is 29.4 Å². The zero-order valence-corrected chi connectivity index (χ0v) is 19.5. The molecule has 0 saturated carbocycles. The van der Waals surface area contributed by atoms with Gasteiger partial charge in [-0.1, -0.05) is 48.5 Å². The van der Waals surface area contributed by atoms with Gasteiger partial charge in [0, 0.05) is 19.4 Å². The highest BCUT2D eigenvalue weighted by molar-refractivity contribution is 5.79. The van der Waals surface area contributed by atoms with Gasteiger partial charge in [-0.05, 0) is 22.3 Å².